The third-order valence-corrected chi connectivity index (χ3v) is 2.29. The van der Waals surface area contributed by atoms with Crippen molar-refractivity contribution in [2.24, 2.45) is 5.73 Å². The minimum atomic E-state index is -0.391. The van der Waals surface area contributed by atoms with Gasteiger partial charge in [-0.3, -0.25) is 4.98 Å². The van der Waals surface area contributed by atoms with Crippen molar-refractivity contribution in [1.29, 1.82) is 0 Å². The zero-order valence-corrected chi connectivity index (χ0v) is 9.62. The minimum Gasteiger partial charge on any atom is -0.456 e. The van der Waals surface area contributed by atoms with E-state index in [-0.39, 0.29) is 6.54 Å². The van der Waals surface area contributed by atoms with Gasteiger partial charge in [0.15, 0.2) is 0 Å². The molecule has 0 aliphatic rings. The van der Waals surface area contributed by atoms with E-state index in [9.17, 15) is 4.39 Å². The highest BCUT2D eigenvalue weighted by molar-refractivity contribution is 6.30. The van der Waals surface area contributed by atoms with E-state index in [0.29, 0.717) is 22.1 Å². The average molecular weight is 253 g/mol. The molecule has 0 unspecified atom stereocenters. The van der Waals surface area contributed by atoms with E-state index in [1.165, 1.54) is 24.5 Å². The molecule has 0 aliphatic carbocycles. The first-order chi connectivity index (χ1) is 8.17. The molecule has 3 nitrogen and oxygen atoms in total. The highest BCUT2D eigenvalue weighted by Gasteiger charge is 2.03. The maximum absolute atomic E-state index is 13.2. The molecule has 1 aromatic heterocycles. The number of rotatable bonds is 3. The predicted octanol–water partition coefficient (Wildman–Crippen LogP) is 3.13. The lowest BCUT2D eigenvalue weighted by molar-refractivity contribution is 0.473. The first-order valence-corrected chi connectivity index (χ1v) is 5.33. The Morgan fingerprint density at radius 3 is 2.71 bits per heavy atom. The van der Waals surface area contributed by atoms with Gasteiger partial charge in [0, 0.05) is 24.9 Å². The van der Waals surface area contributed by atoms with Gasteiger partial charge in [-0.2, -0.15) is 0 Å². The van der Waals surface area contributed by atoms with Gasteiger partial charge in [-0.15, -0.1) is 0 Å². The van der Waals surface area contributed by atoms with Gasteiger partial charge in [-0.1, -0.05) is 11.6 Å². The summed E-state index contributed by atoms with van der Waals surface area (Å²) in [7, 11) is 0. The number of aromatic nitrogens is 1. The van der Waals surface area contributed by atoms with Crippen molar-refractivity contribution in [3.63, 3.8) is 0 Å². The molecule has 88 valence electrons. The number of ether oxygens (including phenoxy) is 1. The first kappa shape index (κ1) is 11.8. The number of nitrogens with two attached hydrogens (primary N) is 1. The Morgan fingerprint density at radius 2 is 2.00 bits per heavy atom. The van der Waals surface area contributed by atoms with Crippen molar-refractivity contribution >= 4 is 11.6 Å². The Labute approximate surface area is 103 Å². The van der Waals surface area contributed by atoms with Crippen molar-refractivity contribution < 1.29 is 9.13 Å². The predicted molar refractivity (Wildman–Crippen MR) is 63.6 cm³/mol. The number of pyridine rings is 1. The number of benzene rings is 1. The summed E-state index contributed by atoms with van der Waals surface area (Å²) in [6, 6.07) is 5.91. The normalized spacial score (nSPS) is 10.3. The first-order valence-electron chi connectivity index (χ1n) is 4.95. The Bertz CT molecular complexity index is 534. The Balaban J connectivity index is 2.26. The van der Waals surface area contributed by atoms with Crippen LogP contribution in [0.1, 0.15) is 5.56 Å². The molecule has 1 aromatic carbocycles. The molecule has 0 atom stereocenters. The molecule has 0 fully saturated rings. The lowest BCUT2D eigenvalue weighted by Gasteiger charge is -2.07. The minimum absolute atomic E-state index is 0.252. The quantitative estimate of drug-likeness (QED) is 0.913. The number of nitrogens with zero attached hydrogens (tertiary/aromatic N) is 1. The molecule has 0 bridgehead atoms. The summed E-state index contributed by atoms with van der Waals surface area (Å²) < 4.78 is 18.7. The van der Waals surface area contributed by atoms with Crippen molar-refractivity contribution in [3.05, 3.63) is 53.1 Å². The molecule has 2 N–H and O–H groups in total. The summed E-state index contributed by atoms with van der Waals surface area (Å²) in [6.45, 7) is 0.252. The molecule has 0 radical (unpaired) electrons. The zero-order chi connectivity index (χ0) is 12.3. The molecule has 0 saturated carbocycles. The molecule has 0 aliphatic heterocycles. The van der Waals surface area contributed by atoms with Crippen LogP contribution in [0.3, 0.4) is 0 Å². The number of hydrogen-bond donors (Lipinski definition) is 1. The van der Waals surface area contributed by atoms with Crippen LogP contribution in [0.25, 0.3) is 0 Å². The zero-order valence-electron chi connectivity index (χ0n) is 8.86. The highest BCUT2D eigenvalue weighted by atomic mass is 35.5. The summed E-state index contributed by atoms with van der Waals surface area (Å²) in [4.78, 5) is 3.87. The SMILES string of the molecule is NCc1cc(F)cc(Oc2cncc(Cl)c2)c1. The lowest BCUT2D eigenvalue weighted by Crippen LogP contribution is -1.97. The Kier molecular flexibility index (Phi) is 3.56. The maximum Gasteiger partial charge on any atom is 0.147 e. The monoisotopic (exact) mass is 252 g/mol. The second-order valence-electron chi connectivity index (χ2n) is 3.44. The third-order valence-electron chi connectivity index (χ3n) is 2.08. The molecule has 5 heteroatoms. The van der Waals surface area contributed by atoms with Crippen LogP contribution in [0.4, 0.5) is 4.39 Å². The molecule has 2 aromatic rings. The van der Waals surface area contributed by atoms with Crippen LogP contribution in [0, 0.1) is 5.82 Å². The molecule has 2 rings (SSSR count). The van der Waals surface area contributed by atoms with Crippen molar-refractivity contribution in [2.75, 3.05) is 0 Å². The number of hydrogen-bond acceptors (Lipinski definition) is 3. The summed E-state index contributed by atoms with van der Waals surface area (Å²) in [6.07, 6.45) is 2.99. The van der Waals surface area contributed by atoms with E-state index in [2.05, 4.69) is 4.98 Å². The third kappa shape index (κ3) is 3.15. The average Bonchev–Trinajstić information content (AvgIpc) is 2.28. The van der Waals surface area contributed by atoms with Gasteiger partial charge in [-0.05, 0) is 17.7 Å². The maximum atomic E-state index is 13.2. The van der Waals surface area contributed by atoms with E-state index in [1.54, 1.807) is 12.1 Å². The van der Waals surface area contributed by atoms with Crippen molar-refractivity contribution in [1.82, 2.24) is 4.98 Å². The summed E-state index contributed by atoms with van der Waals surface area (Å²) in [5.41, 5.74) is 6.11. The van der Waals surface area contributed by atoms with Crippen LogP contribution in [-0.2, 0) is 6.54 Å². The largest absolute Gasteiger partial charge is 0.456 e. The summed E-state index contributed by atoms with van der Waals surface area (Å²) >= 11 is 5.76. The molecular formula is C12H10ClFN2O. The highest BCUT2D eigenvalue weighted by Crippen LogP contribution is 2.24. The molecular weight excluding hydrogens is 243 g/mol. The fraction of sp³-hybridized carbons (Fsp3) is 0.0833. The van der Waals surface area contributed by atoms with Crippen LogP contribution in [0.2, 0.25) is 5.02 Å². The molecule has 17 heavy (non-hydrogen) atoms. The van der Waals surface area contributed by atoms with Crippen molar-refractivity contribution in [2.45, 2.75) is 6.54 Å². The van der Waals surface area contributed by atoms with Gasteiger partial charge in [0.2, 0.25) is 0 Å². The van der Waals surface area contributed by atoms with E-state index in [4.69, 9.17) is 22.1 Å². The van der Waals surface area contributed by atoms with E-state index in [1.807, 2.05) is 0 Å². The topological polar surface area (TPSA) is 48.1 Å². The van der Waals surface area contributed by atoms with Gasteiger partial charge < -0.3 is 10.5 Å². The van der Waals surface area contributed by atoms with Gasteiger partial charge in [-0.25, -0.2) is 4.39 Å². The van der Waals surface area contributed by atoms with Crippen LogP contribution in [0.15, 0.2) is 36.7 Å². The van der Waals surface area contributed by atoms with Crippen LogP contribution >= 0.6 is 11.6 Å². The number of halogens is 2. The van der Waals surface area contributed by atoms with Crippen LogP contribution in [-0.4, -0.2) is 4.98 Å². The fourth-order valence-electron chi connectivity index (χ4n) is 1.38. The molecule has 0 amide bonds. The molecule has 0 spiro atoms. The smallest absolute Gasteiger partial charge is 0.147 e. The summed E-state index contributed by atoms with van der Waals surface area (Å²) in [5.74, 6) is 0.429. The van der Waals surface area contributed by atoms with Crippen LogP contribution < -0.4 is 10.5 Å². The second-order valence-corrected chi connectivity index (χ2v) is 3.88. The Hall–Kier alpha value is -1.65. The van der Waals surface area contributed by atoms with Gasteiger partial charge in [0.1, 0.15) is 17.3 Å². The Morgan fingerprint density at radius 1 is 1.18 bits per heavy atom. The van der Waals surface area contributed by atoms with E-state index >= 15 is 0 Å². The van der Waals surface area contributed by atoms with Crippen molar-refractivity contribution in [3.8, 4) is 11.5 Å². The second kappa shape index (κ2) is 5.12. The van der Waals surface area contributed by atoms with E-state index < -0.39 is 5.82 Å². The fourth-order valence-corrected chi connectivity index (χ4v) is 1.55. The van der Waals surface area contributed by atoms with E-state index in [0.717, 1.165) is 0 Å². The van der Waals surface area contributed by atoms with Crippen LogP contribution in [0.5, 0.6) is 11.5 Å². The van der Waals surface area contributed by atoms with Gasteiger partial charge >= 0.3 is 0 Å². The van der Waals surface area contributed by atoms with Gasteiger partial charge in [0.25, 0.3) is 0 Å². The molecule has 1 heterocycles. The summed E-state index contributed by atoms with van der Waals surface area (Å²) in [5, 5.41) is 0.456. The molecule has 0 saturated heterocycles. The lowest BCUT2D eigenvalue weighted by atomic mass is 10.2. The van der Waals surface area contributed by atoms with Gasteiger partial charge in [0.05, 0.1) is 11.2 Å². The standard InChI is InChI=1S/C12H10ClFN2O/c13-9-3-12(7-16-6-9)17-11-2-8(5-15)1-10(14)4-11/h1-4,6-7H,5,15H2.